The highest BCUT2D eigenvalue weighted by molar-refractivity contribution is 9.10. The van der Waals surface area contributed by atoms with Crippen LogP contribution in [0.15, 0.2) is 32.5 Å². The highest BCUT2D eigenvalue weighted by Gasteiger charge is 2.18. The number of hydrogen-bond acceptors (Lipinski definition) is 7. The van der Waals surface area contributed by atoms with Gasteiger partial charge in [0.05, 0.1) is 10.2 Å². The first-order chi connectivity index (χ1) is 13.2. The van der Waals surface area contributed by atoms with Crippen LogP contribution >= 0.6 is 15.9 Å². The van der Waals surface area contributed by atoms with E-state index in [0.29, 0.717) is 40.7 Å². The maximum absolute atomic E-state index is 13.4. The summed E-state index contributed by atoms with van der Waals surface area (Å²) in [7, 11) is -3.31. The molecule has 1 aromatic carbocycles. The van der Waals surface area contributed by atoms with Crippen molar-refractivity contribution in [3.63, 3.8) is 0 Å². The molecule has 0 aliphatic heterocycles. The topological polar surface area (TPSA) is 118 Å². The first-order valence-corrected chi connectivity index (χ1v) is 11.1. The first kappa shape index (κ1) is 22.4. The van der Waals surface area contributed by atoms with Gasteiger partial charge in [-0.25, -0.2) is 22.2 Å². The predicted molar refractivity (Wildman–Crippen MR) is 105 cm³/mol. The third-order valence-corrected chi connectivity index (χ3v) is 6.06. The molecule has 1 heterocycles. The summed E-state index contributed by atoms with van der Waals surface area (Å²) in [5.41, 5.74) is 1.71. The van der Waals surface area contributed by atoms with Gasteiger partial charge in [-0.05, 0) is 71.9 Å². The van der Waals surface area contributed by atoms with Crippen LogP contribution in [-0.4, -0.2) is 41.4 Å². The van der Waals surface area contributed by atoms with Gasteiger partial charge in [-0.2, -0.15) is 0 Å². The van der Waals surface area contributed by atoms with E-state index in [4.69, 9.17) is 4.63 Å². The zero-order valence-corrected chi connectivity index (χ0v) is 17.9. The average Bonchev–Trinajstić information content (AvgIpc) is 3.07. The van der Waals surface area contributed by atoms with E-state index < -0.39 is 15.8 Å². The number of hydrogen-bond donors (Lipinski definition) is 2. The van der Waals surface area contributed by atoms with Gasteiger partial charge in [0.15, 0.2) is 5.69 Å². The molecule has 154 valence electrons. The molecule has 0 aliphatic carbocycles. The van der Waals surface area contributed by atoms with Gasteiger partial charge < -0.3 is 5.21 Å². The number of aryl methyl sites for hydroxylation is 1. The second-order valence-electron chi connectivity index (χ2n) is 6.58. The Morgan fingerprint density at radius 1 is 1.36 bits per heavy atom. The lowest BCUT2D eigenvalue weighted by molar-refractivity contribution is 0.300. The Balaban J connectivity index is 1.98. The van der Waals surface area contributed by atoms with Crippen molar-refractivity contribution in [1.29, 1.82) is 0 Å². The number of nitrogens with zero attached hydrogens (tertiary/aromatic N) is 3. The molecule has 28 heavy (non-hydrogen) atoms. The second kappa shape index (κ2) is 10.1. The van der Waals surface area contributed by atoms with Crippen LogP contribution in [0.2, 0.25) is 0 Å². The summed E-state index contributed by atoms with van der Waals surface area (Å²) in [5.74, 6) is -0.381. The largest absolute Gasteiger partial charge is 0.411 e. The summed E-state index contributed by atoms with van der Waals surface area (Å²) in [4.78, 5) is 0. The molecule has 0 unspecified atom stereocenters. The van der Waals surface area contributed by atoms with Crippen molar-refractivity contribution in [3.8, 4) is 0 Å². The van der Waals surface area contributed by atoms with Crippen molar-refractivity contribution in [1.82, 2.24) is 15.0 Å². The molecule has 8 nitrogen and oxygen atoms in total. The fraction of sp³-hybridized carbons (Fsp3) is 0.471. The fourth-order valence-electron chi connectivity index (χ4n) is 2.60. The van der Waals surface area contributed by atoms with Crippen LogP contribution < -0.4 is 4.72 Å². The van der Waals surface area contributed by atoms with Crippen molar-refractivity contribution in [2.45, 2.75) is 45.6 Å². The third-order valence-electron chi connectivity index (χ3n) is 3.80. The average molecular weight is 477 g/mol. The molecule has 2 N–H and O–H groups in total. The number of sulfonamides is 1. The Labute approximate surface area is 171 Å². The molecular formula is C17H22BrFN4O4S. The van der Waals surface area contributed by atoms with Crippen LogP contribution in [0.4, 0.5) is 4.39 Å². The summed E-state index contributed by atoms with van der Waals surface area (Å²) >= 11 is 3.12. The Morgan fingerprint density at radius 2 is 2.11 bits per heavy atom. The van der Waals surface area contributed by atoms with E-state index in [0.717, 1.165) is 0 Å². The van der Waals surface area contributed by atoms with E-state index in [1.165, 1.54) is 6.07 Å². The number of benzene rings is 1. The van der Waals surface area contributed by atoms with E-state index in [1.54, 1.807) is 26.0 Å². The van der Waals surface area contributed by atoms with Crippen LogP contribution in [0, 0.1) is 5.82 Å². The van der Waals surface area contributed by atoms with Crippen molar-refractivity contribution in [2.75, 3.05) is 5.75 Å². The standard InChI is InChI=1S/C17H22BrFN4O4S/c1-11(2)23-28(25,26)8-4-3-5-15-17(22-27-21-15)16(20-24)10-12-6-7-14(19)13(18)9-12/h6-7,9,11,23-24H,3-5,8,10H2,1-2H3/b20-16+. The minimum Gasteiger partial charge on any atom is -0.411 e. The smallest absolute Gasteiger partial charge is 0.211 e. The van der Waals surface area contributed by atoms with Crippen molar-refractivity contribution in [3.05, 3.63) is 45.4 Å². The molecule has 0 atom stereocenters. The number of aromatic nitrogens is 2. The number of halogens is 2. The molecule has 2 rings (SSSR count). The van der Waals surface area contributed by atoms with Gasteiger partial charge in [-0.15, -0.1) is 0 Å². The minimum atomic E-state index is -3.31. The number of rotatable bonds is 10. The van der Waals surface area contributed by atoms with E-state index in [2.05, 4.69) is 36.1 Å². The van der Waals surface area contributed by atoms with Crippen molar-refractivity contribution >= 4 is 31.7 Å². The molecule has 0 fully saturated rings. The second-order valence-corrected chi connectivity index (χ2v) is 9.31. The van der Waals surface area contributed by atoms with Gasteiger partial charge in [0.1, 0.15) is 17.2 Å². The van der Waals surface area contributed by atoms with E-state index >= 15 is 0 Å². The molecule has 0 saturated heterocycles. The summed E-state index contributed by atoms with van der Waals surface area (Å²) in [6.07, 6.45) is 1.59. The molecule has 0 aliphatic rings. The van der Waals surface area contributed by atoms with Crippen LogP contribution in [0.3, 0.4) is 0 Å². The zero-order valence-electron chi connectivity index (χ0n) is 15.5. The normalized spacial score (nSPS) is 12.7. The molecule has 0 bridgehead atoms. The van der Waals surface area contributed by atoms with Crippen molar-refractivity contribution in [2.24, 2.45) is 5.16 Å². The first-order valence-electron chi connectivity index (χ1n) is 8.68. The monoisotopic (exact) mass is 476 g/mol. The third kappa shape index (κ3) is 6.64. The van der Waals surface area contributed by atoms with E-state index in [-0.39, 0.29) is 23.9 Å². The number of unbranched alkanes of at least 4 members (excludes halogenated alkanes) is 1. The van der Waals surface area contributed by atoms with Gasteiger partial charge in [-0.1, -0.05) is 16.4 Å². The fourth-order valence-corrected chi connectivity index (χ4v) is 4.45. The molecule has 1 aromatic heterocycles. The Hall–Kier alpha value is -1.85. The molecule has 0 amide bonds. The Morgan fingerprint density at radius 3 is 2.75 bits per heavy atom. The van der Waals surface area contributed by atoms with Gasteiger partial charge in [0.25, 0.3) is 0 Å². The molecule has 11 heteroatoms. The van der Waals surface area contributed by atoms with E-state index in [1.807, 2.05) is 0 Å². The number of nitrogens with one attached hydrogen (secondary N) is 1. The minimum absolute atomic E-state index is 0.0103. The molecule has 2 aromatic rings. The van der Waals surface area contributed by atoms with Crippen LogP contribution in [0.25, 0.3) is 0 Å². The van der Waals surface area contributed by atoms with Gasteiger partial charge in [-0.3, -0.25) is 0 Å². The highest BCUT2D eigenvalue weighted by atomic mass is 79.9. The molecule has 0 saturated carbocycles. The van der Waals surface area contributed by atoms with E-state index in [9.17, 15) is 18.0 Å². The predicted octanol–water partition coefficient (Wildman–Crippen LogP) is 3.04. The quantitative estimate of drug-likeness (QED) is 0.235. The lowest BCUT2D eigenvalue weighted by Crippen LogP contribution is -2.32. The van der Waals surface area contributed by atoms with Crippen LogP contribution in [0.1, 0.15) is 43.6 Å². The highest BCUT2D eigenvalue weighted by Crippen LogP contribution is 2.19. The van der Waals surface area contributed by atoms with Gasteiger partial charge >= 0.3 is 0 Å². The summed E-state index contributed by atoms with van der Waals surface area (Å²) < 4.78 is 44.6. The van der Waals surface area contributed by atoms with Gasteiger partial charge in [0, 0.05) is 12.5 Å². The zero-order chi connectivity index (χ0) is 20.7. The Bertz CT molecular complexity index is 931. The SMILES string of the molecule is CC(C)NS(=O)(=O)CCCCc1nonc1/C(Cc1ccc(F)c(Br)c1)=N/O. The summed E-state index contributed by atoms with van der Waals surface area (Å²) in [5, 5.41) is 20.3. The summed E-state index contributed by atoms with van der Waals surface area (Å²) in [6.45, 7) is 3.53. The lowest BCUT2D eigenvalue weighted by atomic mass is 10.0. The molecule has 0 radical (unpaired) electrons. The Kier molecular flexibility index (Phi) is 8.08. The van der Waals surface area contributed by atoms with Crippen LogP contribution in [0.5, 0.6) is 0 Å². The molecule has 0 spiro atoms. The van der Waals surface area contributed by atoms with Crippen LogP contribution in [-0.2, 0) is 22.9 Å². The summed E-state index contributed by atoms with van der Waals surface area (Å²) in [6, 6.07) is 4.32. The maximum atomic E-state index is 13.4. The maximum Gasteiger partial charge on any atom is 0.211 e. The van der Waals surface area contributed by atoms with Gasteiger partial charge in [0.2, 0.25) is 10.0 Å². The number of oxime groups is 1. The van der Waals surface area contributed by atoms with Crippen molar-refractivity contribution < 1.29 is 22.6 Å². The lowest BCUT2D eigenvalue weighted by Gasteiger charge is -2.09. The molecular weight excluding hydrogens is 455 g/mol.